The summed E-state index contributed by atoms with van der Waals surface area (Å²) in [5, 5.41) is 15.8. The highest BCUT2D eigenvalue weighted by atomic mass is 35.5. The van der Waals surface area contributed by atoms with Gasteiger partial charge < -0.3 is 15.3 Å². The molecule has 4 aromatic rings. The molecule has 0 saturated carbocycles. The number of aryl methyl sites for hydroxylation is 1. The first kappa shape index (κ1) is 27.8. The van der Waals surface area contributed by atoms with Gasteiger partial charge in [0.2, 0.25) is 11.9 Å². The Morgan fingerprint density at radius 2 is 1.90 bits per heavy atom. The number of aliphatic hydroxyl groups excluding tert-OH is 1. The van der Waals surface area contributed by atoms with Crippen molar-refractivity contribution >= 4 is 51.6 Å². The van der Waals surface area contributed by atoms with Gasteiger partial charge in [-0.25, -0.2) is 13.8 Å². The molecule has 1 aliphatic rings. The summed E-state index contributed by atoms with van der Waals surface area (Å²) in [7, 11) is 0. The lowest BCUT2D eigenvalue weighted by Gasteiger charge is -2.34. The van der Waals surface area contributed by atoms with E-state index in [1.165, 1.54) is 12.3 Å². The molecule has 0 aliphatic carbocycles. The number of aliphatic hydroxyl groups is 1. The molecule has 10 nitrogen and oxygen atoms in total. The van der Waals surface area contributed by atoms with E-state index >= 15 is 0 Å². The number of hydrogen-bond acceptors (Lipinski definition) is 10. The fraction of sp³-hybridized carbons (Fsp3) is 0.269. The first-order valence-corrected chi connectivity index (χ1v) is 13.6. The molecule has 2 aromatic carbocycles. The fourth-order valence-electron chi connectivity index (χ4n) is 4.14. The van der Waals surface area contributed by atoms with Crippen LogP contribution in [-0.4, -0.2) is 75.2 Å². The second-order valence-corrected chi connectivity index (χ2v) is 10.4. The smallest absolute Gasteiger partial charge is 0.267 e. The van der Waals surface area contributed by atoms with Gasteiger partial charge in [-0.2, -0.15) is 15.0 Å². The molecule has 1 aliphatic heterocycles. The molecular weight excluding hydrogens is 562 g/mol. The number of rotatable bonds is 8. The van der Waals surface area contributed by atoms with Crippen molar-refractivity contribution in [3.05, 3.63) is 69.7 Å². The van der Waals surface area contributed by atoms with Gasteiger partial charge in [-0.15, -0.1) is 0 Å². The number of thiazole rings is 1. The minimum atomic E-state index is -1.02. The van der Waals surface area contributed by atoms with Crippen molar-refractivity contribution in [2.75, 3.05) is 54.9 Å². The van der Waals surface area contributed by atoms with E-state index in [0.717, 1.165) is 29.0 Å². The summed E-state index contributed by atoms with van der Waals surface area (Å²) < 4.78 is 27.6. The Morgan fingerprint density at radius 3 is 2.62 bits per heavy atom. The number of amides is 1. The number of carbonyl (C=O) groups is 1. The highest BCUT2D eigenvalue weighted by molar-refractivity contribution is 7.17. The number of nitrogens with zero attached hydrogens (tertiary/aromatic N) is 6. The summed E-state index contributed by atoms with van der Waals surface area (Å²) in [5.74, 6) is -1.74. The minimum Gasteiger partial charge on any atom is -0.395 e. The quantitative estimate of drug-likeness (QED) is 0.277. The molecule has 0 radical (unpaired) electrons. The lowest BCUT2D eigenvalue weighted by Crippen LogP contribution is -2.47. The summed E-state index contributed by atoms with van der Waals surface area (Å²) in [6.45, 7) is 5.10. The Labute approximate surface area is 237 Å². The maximum absolute atomic E-state index is 14.0. The van der Waals surface area contributed by atoms with Gasteiger partial charge in [-0.1, -0.05) is 35.1 Å². The van der Waals surface area contributed by atoms with E-state index in [1.54, 1.807) is 12.1 Å². The van der Waals surface area contributed by atoms with Crippen LogP contribution in [-0.2, 0) is 0 Å². The number of carbonyl (C=O) groups excluding carboxylic acids is 1. The van der Waals surface area contributed by atoms with Crippen LogP contribution in [0.25, 0.3) is 11.4 Å². The highest BCUT2D eigenvalue weighted by Gasteiger charge is 2.22. The van der Waals surface area contributed by atoms with Crippen LogP contribution in [0.3, 0.4) is 0 Å². The van der Waals surface area contributed by atoms with Crippen LogP contribution in [0.1, 0.15) is 15.2 Å². The van der Waals surface area contributed by atoms with Crippen molar-refractivity contribution in [3.8, 4) is 11.4 Å². The van der Waals surface area contributed by atoms with Gasteiger partial charge in [0.15, 0.2) is 22.6 Å². The molecule has 0 unspecified atom stereocenters. The molecule has 0 bridgehead atoms. The number of benzene rings is 2. The number of nitrogens with one attached hydrogen (secondary N) is 2. The average molecular weight is 587 g/mol. The molecule has 1 saturated heterocycles. The first-order valence-electron chi connectivity index (χ1n) is 12.4. The monoisotopic (exact) mass is 586 g/mol. The van der Waals surface area contributed by atoms with E-state index in [-0.39, 0.29) is 29.9 Å². The van der Waals surface area contributed by atoms with Crippen molar-refractivity contribution in [3.63, 3.8) is 0 Å². The Bertz CT molecular complexity index is 1510. The predicted octanol–water partition coefficient (Wildman–Crippen LogP) is 4.35. The molecule has 0 atom stereocenters. The molecule has 3 heterocycles. The van der Waals surface area contributed by atoms with Crippen LogP contribution in [0.5, 0.6) is 0 Å². The van der Waals surface area contributed by atoms with Crippen molar-refractivity contribution in [2.24, 2.45) is 0 Å². The molecule has 5 rings (SSSR count). The predicted molar refractivity (Wildman–Crippen MR) is 150 cm³/mol. The molecule has 1 fully saturated rings. The first-order chi connectivity index (χ1) is 19.3. The number of piperazine rings is 1. The SMILES string of the molecule is Cc1cccc(Cl)c1NC(=O)c1cnc(Nc2nc(-c3ccc(F)c(F)c3)nc(N3CCN(CCO)CC3)n2)s1. The van der Waals surface area contributed by atoms with Crippen LogP contribution in [0, 0.1) is 18.6 Å². The van der Waals surface area contributed by atoms with Gasteiger partial charge in [0.25, 0.3) is 5.91 Å². The van der Waals surface area contributed by atoms with Crippen molar-refractivity contribution < 1.29 is 18.7 Å². The molecule has 40 heavy (non-hydrogen) atoms. The topological polar surface area (TPSA) is 119 Å². The third kappa shape index (κ3) is 6.33. The van der Waals surface area contributed by atoms with E-state index in [0.29, 0.717) is 59.4 Å². The van der Waals surface area contributed by atoms with Gasteiger partial charge in [-0.3, -0.25) is 15.0 Å². The Balaban J connectivity index is 1.40. The highest BCUT2D eigenvalue weighted by Crippen LogP contribution is 2.29. The van der Waals surface area contributed by atoms with Gasteiger partial charge in [0.05, 0.1) is 23.5 Å². The van der Waals surface area contributed by atoms with E-state index in [2.05, 4.69) is 35.5 Å². The van der Waals surface area contributed by atoms with Gasteiger partial charge in [0.1, 0.15) is 4.88 Å². The second-order valence-electron chi connectivity index (χ2n) is 9.00. The Hall–Kier alpha value is -3.78. The van der Waals surface area contributed by atoms with Crippen LogP contribution in [0.2, 0.25) is 5.02 Å². The van der Waals surface area contributed by atoms with Gasteiger partial charge >= 0.3 is 0 Å². The Kier molecular flexibility index (Phi) is 8.45. The van der Waals surface area contributed by atoms with E-state index in [1.807, 2.05) is 17.9 Å². The summed E-state index contributed by atoms with van der Waals surface area (Å²) >= 11 is 7.32. The number of aromatic nitrogens is 4. The summed E-state index contributed by atoms with van der Waals surface area (Å²) in [6.07, 6.45) is 1.42. The lowest BCUT2D eigenvalue weighted by molar-refractivity contribution is 0.103. The Morgan fingerprint density at radius 1 is 1.10 bits per heavy atom. The van der Waals surface area contributed by atoms with E-state index < -0.39 is 11.6 Å². The number of halogens is 3. The number of anilines is 4. The zero-order valence-electron chi connectivity index (χ0n) is 21.4. The fourth-order valence-corrected chi connectivity index (χ4v) is 5.11. The van der Waals surface area contributed by atoms with E-state index in [4.69, 9.17) is 11.6 Å². The van der Waals surface area contributed by atoms with Crippen LogP contribution in [0.4, 0.5) is 31.5 Å². The molecule has 14 heteroatoms. The molecule has 0 spiro atoms. The van der Waals surface area contributed by atoms with Crippen LogP contribution in [0.15, 0.2) is 42.6 Å². The standard InChI is InChI=1S/C26H25ClF2N8O2S/c1-15-3-2-4-17(27)21(15)31-23(39)20-14-30-26(40-20)35-24-32-22(16-5-6-18(28)19(29)13-16)33-25(34-24)37-9-7-36(8-10-37)11-12-38/h2-6,13-14,38H,7-12H2,1H3,(H,31,39)(H,30,32,33,34,35). The lowest BCUT2D eigenvalue weighted by atomic mass is 10.2. The minimum absolute atomic E-state index is 0.0753. The largest absolute Gasteiger partial charge is 0.395 e. The van der Waals surface area contributed by atoms with E-state index in [9.17, 15) is 18.7 Å². The third-order valence-electron chi connectivity index (χ3n) is 6.28. The van der Waals surface area contributed by atoms with Crippen LogP contribution < -0.4 is 15.5 Å². The number of hydrogen-bond donors (Lipinski definition) is 3. The zero-order chi connectivity index (χ0) is 28.2. The van der Waals surface area contributed by atoms with Crippen molar-refractivity contribution in [1.29, 1.82) is 0 Å². The number of β-amino-alcohol motifs (C(OH)–C–C–N with tert-alkyl or cyclic N) is 1. The maximum atomic E-state index is 14.0. The number of para-hydroxylation sites is 1. The maximum Gasteiger partial charge on any atom is 0.267 e. The zero-order valence-corrected chi connectivity index (χ0v) is 22.9. The summed E-state index contributed by atoms with van der Waals surface area (Å²) in [5.41, 5.74) is 1.62. The molecule has 3 N–H and O–H groups in total. The van der Waals surface area contributed by atoms with Crippen molar-refractivity contribution in [2.45, 2.75) is 6.92 Å². The molecule has 208 valence electrons. The molecular formula is C26H25ClF2N8O2S. The molecule has 1 amide bonds. The van der Waals surface area contributed by atoms with Crippen molar-refractivity contribution in [1.82, 2.24) is 24.8 Å². The normalized spacial score (nSPS) is 13.9. The van der Waals surface area contributed by atoms with Crippen LogP contribution >= 0.6 is 22.9 Å². The third-order valence-corrected chi connectivity index (χ3v) is 7.51. The summed E-state index contributed by atoms with van der Waals surface area (Å²) in [6, 6.07) is 8.77. The second kappa shape index (κ2) is 12.2. The average Bonchev–Trinajstić information content (AvgIpc) is 3.41. The van der Waals surface area contributed by atoms with Gasteiger partial charge in [0, 0.05) is 38.3 Å². The molecule has 2 aromatic heterocycles. The van der Waals surface area contributed by atoms with Gasteiger partial charge in [-0.05, 0) is 36.8 Å². The summed E-state index contributed by atoms with van der Waals surface area (Å²) in [4.78, 5) is 35.0.